The lowest BCUT2D eigenvalue weighted by Gasteiger charge is -2.26. The van der Waals surface area contributed by atoms with Gasteiger partial charge in [-0.25, -0.2) is 19.4 Å². The number of carbonyl (C=O) groups is 1. The highest BCUT2D eigenvalue weighted by Crippen LogP contribution is 2.42. The fourth-order valence-corrected chi connectivity index (χ4v) is 3.79. The third-order valence-corrected chi connectivity index (χ3v) is 5.32. The number of nitrogens with zero attached hydrogens (tertiary/aromatic N) is 4. The zero-order valence-electron chi connectivity index (χ0n) is 15.3. The Morgan fingerprint density at radius 3 is 2.57 bits per heavy atom. The van der Waals surface area contributed by atoms with E-state index < -0.39 is 29.1 Å². The van der Waals surface area contributed by atoms with E-state index in [9.17, 15) is 18.0 Å². The average molecular weight is 435 g/mol. The highest BCUT2D eigenvalue weighted by molar-refractivity contribution is 7.07. The second kappa shape index (κ2) is 6.87. The second-order valence-electron chi connectivity index (χ2n) is 6.52. The Kier molecular flexibility index (Phi) is 4.57. The van der Waals surface area contributed by atoms with Crippen LogP contribution >= 0.6 is 11.3 Å². The smallest absolute Gasteiger partial charge is 0.369 e. The molecule has 1 aliphatic rings. The molecule has 1 aromatic carbocycles. The van der Waals surface area contributed by atoms with Gasteiger partial charge in [0.2, 0.25) is 5.54 Å². The van der Waals surface area contributed by atoms with Crippen LogP contribution in [0.15, 0.2) is 52.3 Å². The molecule has 3 aromatic rings. The summed E-state index contributed by atoms with van der Waals surface area (Å²) < 4.78 is 54.8. The van der Waals surface area contributed by atoms with Gasteiger partial charge in [-0.15, -0.1) is 11.3 Å². The molecule has 2 aromatic heterocycles. The fourth-order valence-electron chi connectivity index (χ4n) is 3.23. The van der Waals surface area contributed by atoms with Crippen LogP contribution in [0.1, 0.15) is 17.0 Å². The summed E-state index contributed by atoms with van der Waals surface area (Å²) in [6.07, 6.45) is -4.76. The highest BCUT2D eigenvalue weighted by Gasteiger charge is 2.53. The number of likely N-dealkylation sites (N-methyl/N-ethyl adjacent to an activating group) is 1. The molecular formula is C19H13F4N5OS. The quantitative estimate of drug-likeness (QED) is 0.640. The number of pyridine rings is 1. The van der Waals surface area contributed by atoms with Gasteiger partial charge in [0.15, 0.2) is 5.96 Å². The van der Waals surface area contributed by atoms with Gasteiger partial charge in [0, 0.05) is 23.6 Å². The summed E-state index contributed by atoms with van der Waals surface area (Å²) in [5, 5.41) is 1.71. The summed E-state index contributed by atoms with van der Waals surface area (Å²) in [6, 6.07) is 6.94. The van der Waals surface area contributed by atoms with Crippen LogP contribution in [-0.4, -0.2) is 33.8 Å². The Hall–Kier alpha value is -3.34. The molecule has 0 fully saturated rings. The van der Waals surface area contributed by atoms with Crippen molar-refractivity contribution in [2.24, 2.45) is 10.7 Å². The number of guanidine groups is 1. The molecule has 0 aliphatic carbocycles. The second-order valence-corrected chi connectivity index (χ2v) is 7.24. The Morgan fingerprint density at radius 1 is 1.20 bits per heavy atom. The van der Waals surface area contributed by atoms with Crippen molar-refractivity contribution in [2.45, 2.75) is 11.7 Å². The van der Waals surface area contributed by atoms with Crippen molar-refractivity contribution in [3.63, 3.8) is 0 Å². The van der Waals surface area contributed by atoms with Gasteiger partial charge in [-0.1, -0.05) is 6.07 Å². The summed E-state index contributed by atoms with van der Waals surface area (Å²) in [5.41, 5.74) is 4.28. The van der Waals surface area contributed by atoms with E-state index in [1.165, 1.54) is 36.6 Å². The molecule has 0 radical (unpaired) electrons. The van der Waals surface area contributed by atoms with Gasteiger partial charge in [-0.05, 0) is 30.3 Å². The molecule has 1 atom stereocenters. The number of hydrogen-bond donors (Lipinski definition) is 1. The molecule has 1 amide bonds. The number of aromatic nitrogens is 2. The third kappa shape index (κ3) is 3.02. The van der Waals surface area contributed by atoms with Crippen LogP contribution in [0.25, 0.3) is 11.3 Å². The van der Waals surface area contributed by atoms with Crippen molar-refractivity contribution >= 4 is 23.2 Å². The first-order valence-electron chi connectivity index (χ1n) is 8.51. The van der Waals surface area contributed by atoms with Gasteiger partial charge in [0.05, 0.1) is 16.9 Å². The minimum atomic E-state index is -4.76. The summed E-state index contributed by atoms with van der Waals surface area (Å²) in [5.74, 6) is -1.92. The molecule has 154 valence electrons. The van der Waals surface area contributed by atoms with Crippen LogP contribution in [0.3, 0.4) is 0 Å². The Labute approximate surface area is 171 Å². The number of carbonyl (C=O) groups excluding carboxylic acids is 1. The summed E-state index contributed by atoms with van der Waals surface area (Å²) in [4.78, 5) is 26.0. The molecular weight excluding hydrogens is 422 g/mol. The number of benzene rings is 1. The molecule has 11 heteroatoms. The zero-order valence-corrected chi connectivity index (χ0v) is 16.1. The van der Waals surface area contributed by atoms with Gasteiger partial charge in [0.25, 0.3) is 5.91 Å². The monoisotopic (exact) mass is 435 g/mol. The number of rotatable bonds is 3. The van der Waals surface area contributed by atoms with E-state index in [1.54, 1.807) is 10.9 Å². The lowest BCUT2D eigenvalue weighted by atomic mass is 9.84. The van der Waals surface area contributed by atoms with Crippen molar-refractivity contribution in [1.82, 2.24) is 14.9 Å². The van der Waals surface area contributed by atoms with Crippen molar-refractivity contribution in [1.29, 1.82) is 0 Å². The summed E-state index contributed by atoms with van der Waals surface area (Å²) in [6.45, 7) is 0. The van der Waals surface area contributed by atoms with Crippen molar-refractivity contribution < 1.29 is 22.4 Å². The number of thiazole rings is 1. The standard InChI is InChI=1S/C19H13F4N5OS/c1-28-16(29)18(27-17(28)24,14-3-2-4-15(26-14)19(21,22)23)11-7-10(5-6-12(11)20)13-8-30-9-25-13/h2-9H,1H3,(H2,24,27). The Balaban J connectivity index is 2.01. The van der Waals surface area contributed by atoms with Crippen molar-refractivity contribution in [3.05, 3.63) is 70.1 Å². The van der Waals surface area contributed by atoms with Crippen LogP contribution in [0.4, 0.5) is 17.6 Å². The van der Waals surface area contributed by atoms with E-state index in [4.69, 9.17) is 5.73 Å². The van der Waals surface area contributed by atoms with Crippen molar-refractivity contribution in [2.75, 3.05) is 7.05 Å². The summed E-state index contributed by atoms with van der Waals surface area (Å²) >= 11 is 1.31. The zero-order chi connectivity index (χ0) is 21.7. The van der Waals surface area contributed by atoms with E-state index in [0.29, 0.717) is 11.3 Å². The molecule has 0 bridgehead atoms. The predicted molar refractivity (Wildman–Crippen MR) is 102 cm³/mol. The number of halogens is 4. The fraction of sp³-hybridized carbons (Fsp3) is 0.158. The van der Waals surface area contributed by atoms with Gasteiger partial charge in [-0.3, -0.25) is 9.69 Å². The lowest BCUT2D eigenvalue weighted by Crippen LogP contribution is -2.42. The number of amides is 1. The van der Waals surface area contributed by atoms with Gasteiger partial charge in [0.1, 0.15) is 11.5 Å². The minimum absolute atomic E-state index is 0.266. The molecule has 4 rings (SSSR count). The molecule has 1 unspecified atom stereocenters. The number of alkyl halides is 3. The Bertz CT molecular complexity index is 1160. The molecule has 1 aliphatic heterocycles. The first-order chi connectivity index (χ1) is 14.1. The predicted octanol–water partition coefficient (Wildman–Crippen LogP) is 3.39. The van der Waals surface area contributed by atoms with Gasteiger partial charge < -0.3 is 5.73 Å². The minimum Gasteiger partial charge on any atom is -0.369 e. The SMILES string of the molecule is CN1C(=O)C(c2cccc(C(F)(F)F)n2)(c2cc(-c3cscn3)ccc2F)N=C1N. The number of aliphatic imine (C=N–C) groups is 1. The number of nitrogens with two attached hydrogens (primary N) is 1. The molecule has 0 saturated heterocycles. The Morgan fingerprint density at radius 2 is 1.97 bits per heavy atom. The maximum atomic E-state index is 15.0. The molecule has 3 heterocycles. The van der Waals surface area contributed by atoms with Crippen LogP contribution in [0.5, 0.6) is 0 Å². The van der Waals surface area contributed by atoms with E-state index in [0.717, 1.165) is 23.1 Å². The molecule has 30 heavy (non-hydrogen) atoms. The van der Waals surface area contributed by atoms with Crippen LogP contribution < -0.4 is 5.73 Å². The van der Waals surface area contributed by atoms with E-state index >= 15 is 4.39 Å². The first-order valence-corrected chi connectivity index (χ1v) is 9.45. The number of hydrogen-bond acceptors (Lipinski definition) is 6. The van der Waals surface area contributed by atoms with E-state index in [-0.39, 0.29) is 17.2 Å². The van der Waals surface area contributed by atoms with Gasteiger partial charge >= 0.3 is 6.18 Å². The molecule has 0 spiro atoms. The van der Waals surface area contributed by atoms with E-state index in [1.807, 2.05) is 0 Å². The highest BCUT2D eigenvalue weighted by atomic mass is 32.1. The lowest BCUT2D eigenvalue weighted by molar-refractivity contribution is -0.141. The molecule has 2 N–H and O–H groups in total. The first kappa shape index (κ1) is 20.0. The van der Waals surface area contributed by atoms with E-state index in [2.05, 4.69) is 15.0 Å². The largest absolute Gasteiger partial charge is 0.433 e. The van der Waals surface area contributed by atoms with Crippen molar-refractivity contribution in [3.8, 4) is 11.3 Å². The molecule has 0 saturated carbocycles. The van der Waals surface area contributed by atoms with Crippen LogP contribution in [0, 0.1) is 5.82 Å². The molecule has 6 nitrogen and oxygen atoms in total. The topological polar surface area (TPSA) is 84.5 Å². The summed E-state index contributed by atoms with van der Waals surface area (Å²) in [7, 11) is 1.30. The maximum absolute atomic E-state index is 15.0. The average Bonchev–Trinajstić information content (AvgIpc) is 3.32. The normalized spacial score (nSPS) is 19.3. The maximum Gasteiger partial charge on any atom is 0.433 e. The van der Waals surface area contributed by atoms with Crippen LogP contribution in [0.2, 0.25) is 0 Å². The van der Waals surface area contributed by atoms with Gasteiger partial charge in [-0.2, -0.15) is 13.2 Å². The third-order valence-electron chi connectivity index (χ3n) is 4.73. The van der Waals surface area contributed by atoms with Crippen LogP contribution in [-0.2, 0) is 16.5 Å².